The van der Waals surface area contributed by atoms with Crippen LogP contribution in [0.1, 0.15) is 5.56 Å². The van der Waals surface area contributed by atoms with Crippen LogP contribution >= 0.6 is 0 Å². The van der Waals surface area contributed by atoms with E-state index in [1.807, 2.05) is 42.5 Å². The zero-order valence-electron chi connectivity index (χ0n) is 7.12. The number of nitrogen functional groups attached to an aromatic ring is 1. The molecule has 2 rings (SSSR count). The van der Waals surface area contributed by atoms with E-state index < -0.39 is 0 Å². The lowest BCUT2D eigenvalue weighted by atomic mass is 10.0. The van der Waals surface area contributed by atoms with Crippen molar-refractivity contribution in [2.24, 2.45) is 5.73 Å². The van der Waals surface area contributed by atoms with Gasteiger partial charge in [-0.1, -0.05) is 42.5 Å². The number of nitrogens with two attached hydrogens (primary N) is 1. The summed E-state index contributed by atoms with van der Waals surface area (Å²) in [5.74, 6) is 0.122. The van der Waals surface area contributed by atoms with Crippen molar-refractivity contribution in [1.29, 1.82) is 5.41 Å². The van der Waals surface area contributed by atoms with Gasteiger partial charge in [-0.3, -0.25) is 5.41 Å². The fraction of sp³-hybridized carbons (Fsp3) is 0. The summed E-state index contributed by atoms with van der Waals surface area (Å²) in [6.45, 7) is 0. The summed E-state index contributed by atoms with van der Waals surface area (Å²) in [7, 11) is 0. The Kier molecular flexibility index (Phi) is 1.74. The van der Waals surface area contributed by atoms with Crippen LogP contribution in [0.3, 0.4) is 0 Å². The molecule has 0 bridgehead atoms. The predicted octanol–water partition coefficient (Wildman–Crippen LogP) is 2.12. The molecule has 0 aliphatic carbocycles. The van der Waals surface area contributed by atoms with Crippen LogP contribution in [-0.2, 0) is 0 Å². The molecule has 0 radical (unpaired) electrons. The number of nitrogens with one attached hydrogen (secondary N) is 1. The van der Waals surface area contributed by atoms with Crippen molar-refractivity contribution in [1.82, 2.24) is 0 Å². The first kappa shape index (κ1) is 7.80. The van der Waals surface area contributed by atoms with Gasteiger partial charge in [0, 0.05) is 5.56 Å². The van der Waals surface area contributed by atoms with Gasteiger partial charge in [0.1, 0.15) is 5.84 Å². The Morgan fingerprint density at radius 3 is 2.46 bits per heavy atom. The maximum Gasteiger partial charge on any atom is 0.123 e. The van der Waals surface area contributed by atoms with E-state index >= 15 is 0 Å². The monoisotopic (exact) mass is 170 g/mol. The molecule has 0 aromatic heterocycles. The summed E-state index contributed by atoms with van der Waals surface area (Å²) in [6, 6.07) is 13.7. The molecule has 0 atom stereocenters. The van der Waals surface area contributed by atoms with Gasteiger partial charge >= 0.3 is 0 Å². The zero-order chi connectivity index (χ0) is 9.26. The predicted molar refractivity (Wildman–Crippen MR) is 55.0 cm³/mol. The number of amidine groups is 1. The average Bonchev–Trinajstić information content (AvgIpc) is 2.17. The Morgan fingerprint density at radius 2 is 1.69 bits per heavy atom. The first-order valence-corrected chi connectivity index (χ1v) is 4.11. The van der Waals surface area contributed by atoms with Gasteiger partial charge < -0.3 is 5.73 Å². The van der Waals surface area contributed by atoms with E-state index in [4.69, 9.17) is 11.1 Å². The van der Waals surface area contributed by atoms with Gasteiger partial charge in [-0.25, -0.2) is 0 Å². The Balaban J connectivity index is 2.83. The molecule has 0 fully saturated rings. The third-order valence-corrected chi connectivity index (χ3v) is 2.08. The molecule has 0 unspecified atom stereocenters. The van der Waals surface area contributed by atoms with Crippen molar-refractivity contribution in [3.63, 3.8) is 0 Å². The van der Waals surface area contributed by atoms with Crippen molar-refractivity contribution in [3.05, 3.63) is 48.0 Å². The highest BCUT2D eigenvalue weighted by molar-refractivity contribution is 6.07. The first-order chi connectivity index (χ1) is 6.29. The van der Waals surface area contributed by atoms with E-state index in [1.54, 1.807) is 0 Å². The second kappa shape index (κ2) is 2.90. The molecule has 2 aromatic carbocycles. The summed E-state index contributed by atoms with van der Waals surface area (Å²) in [6.07, 6.45) is 0. The standard InChI is InChI=1S/C11H10N2/c12-11(13)10-7-3-5-8-4-1-2-6-9(8)10/h1-7H,(H3,12,13). The maximum absolute atomic E-state index is 7.40. The number of benzene rings is 2. The van der Waals surface area contributed by atoms with E-state index in [-0.39, 0.29) is 5.84 Å². The zero-order valence-corrected chi connectivity index (χ0v) is 7.12. The second-order valence-corrected chi connectivity index (χ2v) is 2.94. The molecule has 2 aromatic rings. The summed E-state index contributed by atoms with van der Waals surface area (Å²) in [5.41, 5.74) is 6.27. The fourth-order valence-electron chi connectivity index (χ4n) is 1.46. The van der Waals surface area contributed by atoms with Crippen molar-refractivity contribution >= 4 is 16.6 Å². The molecular weight excluding hydrogens is 160 g/mol. The normalized spacial score (nSPS) is 10.2. The molecule has 64 valence electrons. The van der Waals surface area contributed by atoms with Gasteiger partial charge in [-0.15, -0.1) is 0 Å². The summed E-state index contributed by atoms with van der Waals surface area (Å²) in [5, 5.41) is 9.56. The highest BCUT2D eigenvalue weighted by Gasteiger charge is 2.00. The van der Waals surface area contributed by atoms with Gasteiger partial charge in [0.25, 0.3) is 0 Å². The van der Waals surface area contributed by atoms with Crippen LogP contribution in [0.5, 0.6) is 0 Å². The van der Waals surface area contributed by atoms with Gasteiger partial charge in [0.2, 0.25) is 0 Å². The minimum Gasteiger partial charge on any atom is -0.384 e. The van der Waals surface area contributed by atoms with Gasteiger partial charge in [0.05, 0.1) is 0 Å². The summed E-state index contributed by atoms with van der Waals surface area (Å²) < 4.78 is 0. The van der Waals surface area contributed by atoms with Crippen molar-refractivity contribution in [2.45, 2.75) is 0 Å². The molecule has 0 saturated heterocycles. The molecular formula is C11H10N2. The van der Waals surface area contributed by atoms with Crippen LogP contribution in [-0.4, -0.2) is 5.84 Å². The molecule has 0 heterocycles. The van der Waals surface area contributed by atoms with Crippen molar-refractivity contribution in [2.75, 3.05) is 0 Å². The van der Waals surface area contributed by atoms with E-state index in [0.717, 1.165) is 16.3 Å². The number of rotatable bonds is 1. The molecule has 2 heteroatoms. The third kappa shape index (κ3) is 1.26. The molecule has 13 heavy (non-hydrogen) atoms. The molecule has 0 aliphatic heterocycles. The number of hydrogen-bond acceptors (Lipinski definition) is 1. The van der Waals surface area contributed by atoms with Crippen LogP contribution in [0.2, 0.25) is 0 Å². The first-order valence-electron chi connectivity index (χ1n) is 4.11. The number of hydrogen-bond donors (Lipinski definition) is 2. The van der Waals surface area contributed by atoms with E-state index in [9.17, 15) is 0 Å². The van der Waals surface area contributed by atoms with Crippen molar-refractivity contribution < 1.29 is 0 Å². The highest BCUT2D eigenvalue weighted by Crippen LogP contribution is 2.17. The lowest BCUT2D eigenvalue weighted by Crippen LogP contribution is -2.11. The van der Waals surface area contributed by atoms with Crippen LogP contribution in [0, 0.1) is 5.41 Å². The fourth-order valence-corrected chi connectivity index (χ4v) is 1.46. The van der Waals surface area contributed by atoms with Gasteiger partial charge in [-0.2, -0.15) is 0 Å². The van der Waals surface area contributed by atoms with Crippen LogP contribution in [0.4, 0.5) is 0 Å². The Labute approximate surface area is 76.5 Å². The quantitative estimate of drug-likeness (QED) is 0.500. The lowest BCUT2D eigenvalue weighted by Gasteiger charge is -2.03. The largest absolute Gasteiger partial charge is 0.384 e. The molecule has 0 spiro atoms. The molecule has 3 N–H and O–H groups in total. The average molecular weight is 170 g/mol. The number of fused-ring (bicyclic) bond motifs is 1. The lowest BCUT2D eigenvalue weighted by molar-refractivity contribution is 1.44. The summed E-state index contributed by atoms with van der Waals surface area (Å²) >= 11 is 0. The summed E-state index contributed by atoms with van der Waals surface area (Å²) in [4.78, 5) is 0. The molecule has 0 saturated carbocycles. The van der Waals surface area contributed by atoms with Gasteiger partial charge in [0.15, 0.2) is 0 Å². The molecule has 0 aliphatic rings. The molecule has 0 amide bonds. The molecule has 2 nitrogen and oxygen atoms in total. The highest BCUT2D eigenvalue weighted by atomic mass is 14.7. The van der Waals surface area contributed by atoms with Gasteiger partial charge in [-0.05, 0) is 10.8 Å². The topological polar surface area (TPSA) is 49.9 Å². The Hall–Kier alpha value is -1.83. The van der Waals surface area contributed by atoms with Crippen molar-refractivity contribution in [3.8, 4) is 0 Å². The van der Waals surface area contributed by atoms with E-state index in [0.29, 0.717) is 0 Å². The van der Waals surface area contributed by atoms with E-state index in [2.05, 4.69) is 0 Å². The van der Waals surface area contributed by atoms with Crippen LogP contribution in [0.15, 0.2) is 42.5 Å². The Bertz CT molecular complexity index is 455. The third-order valence-electron chi connectivity index (χ3n) is 2.08. The van der Waals surface area contributed by atoms with Crippen LogP contribution in [0.25, 0.3) is 10.8 Å². The minimum absolute atomic E-state index is 0.122. The Morgan fingerprint density at radius 1 is 1.00 bits per heavy atom. The maximum atomic E-state index is 7.40. The van der Waals surface area contributed by atoms with E-state index in [1.165, 1.54) is 0 Å². The minimum atomic E-state index is 0.122. The second-order valence-electron chi connectivity index (χ2n) is 2.94. The smallest absolute Gasteiger partial charge is 0.123 e. The van der Waals surface area contributed by atoms with Crippen LogP contribution < -0.4 is 5.73 Å². The SMILES string of the molecule is N=C(N)c1cccc2ccccc12.